The summed E-state index contributed by atoms with van der Waals surface area (Å²) in [6.45, 7) is 1.31. The minimum Gasteiger partial charge on any atom is -0.462 e. The lowest BCUT2D eigenvalue weighted by molar-refractivity contribution is -0.204. The van der Waals surface area contributed by atoms with Gasteiger partial charge in [-0.3, -0.25) is 0 Å². The molecule has 0 bridgehead atoms. The molecular weight excluding hydrogens is 316 g/mol. The Hall–Kier alpha value is -1.76. The van der Waals surface area contributed by atoms with E-state index in [-0.39, 0.29) is 12.2 Å². The number of fused-ring (bicyclic) bond motifs is 1. The molecule has 0 aromatic heterocycles. The Morgan fingerprint density at radius 2 is 2.10 bits per heavy atom. The van der Waals surface area contributed by atoms with Crippen LogP contribution in [0.4, 0.5) is 17.6 Å². The summed E-state index contributed by atoms with van der Waals surface area (Å²) in [4.78, 5) is 11.7. The van der Waals surface area contributed by atoms with Crippen LogP contribution in [0, 0.1) is 5.82 Å². The first-order chi connectivity index (χ1) is 9.69. The standard InChI is InChI=1S/C13H9ClF4O3/c1-2-20-11(19)9-5-7-3-4-8(15)6-10(7)21-12(9,14)13(16,17)18/h3-6H,2H2,1H3. The van der Waals surface area contributed by atoms with Gasteiger partial charge in [0, 0.05) is 11.6 Å². The van der Waals surface area contributed by atoms with Gasteiger partial charge in [-0.25, -0.2) is 9.18 Å². The molecule has 0 saturated heterocycles. The number of esters is 1. The molecule has 1 unspecified atom stereocenters. The highest BCUT2D eigenvalue weighted by atomic mass is 35.5. The highest BCUT2D eigenvalue weighted by molar-refractivity contribution is 6.29. The van der Waals surface area contributed by atoms with Crippen molar-refractivity contribution >= 4 is 23.6 Å². The Labute approximate surface area is 122 Å². The highest BCUT2D eigenvalue weighted by Crippen LogP contribution is 2.48. The number of hydrogen-bond acceptors (Lipinski definition) is 3. The van der Waals surface area contributed by atoms with Gasteiger partial charge in [-0.1, -0.05) is 11.6 Å². The molecule has 0 aliphatic carbocycles. The van der Waals surface area contributed by atoms with Crippen LogP contribution in [0.15, 0.2) is 23.8 Å². The number of rotatable bonds is 2. The zero-order valence-electron chi connectivity index (χ0n) is 10.6. The molecule has 1 aromatic carbocycles. The fourth-order valence-corrected chi connectivity index (χ4v) is 2.00. The van der Waals surface area contributed by atoms with Crippen molar-refractivity contribution in [1.29, 1.82) is 0 Å². The third-order valence-electron chi connectivity index (χ3n) is 2.73. The van der Waals surface area contributed by atoms with Crippen LogP contribution in [0.5, 0.6) is 5.75 Å². The summed E-state index contributed by atoms with van der Waals surface area (Å²) in [5.41, 5.74) is -0.808. The fraction of sp³-hybridized carbons (Fsp3) is 0.308. The third-order valence-corrected chi connectivity index (χ3v) is 3.23. The van der Waals surface area contributed by atoms with Crippen molar-refractivity contribution in [2.24, 2.45) is 0 Å². The van der Waals surface area contributed by atoms with E-state index in [2.05, 4.69) is 9.47 Å². The van der Waals surface area contributed by atoms with Gasteiger partial charge in [-0.15, -0.1) is 0 Å². The largest absolute Gasteiger partial charge is 0.462 e. The molecule has 21 heavy (non-hydrogen) atoms. The van der Waals surface area contributed by atoms with Gasteiger partial charge in [0.2, 0.25) is 0 Å². The molecule has 1 aliphatic rings. The lowest BCUT2D eigenvalue weighted by Gasteiger charge is -2.34. The molecule has 8 heteroatoms. The van der Waals surface area contributed by atoms with Crippen molar-refractivity contribution in [2.45, 2.75) is 18.2 Å². The van der Waals surface area contributed by atoms with Gasteiger partial charge in [-0.2, -0.15) is 13.2 Å². The minimum absolute atomic E-state index is 0.0972. The van der Waals surface area contributed by atoms with Crippen LogP contribution in [-0.4, -0.2) is 23.8 Å². The summed E-state index contributed by atoms with van der Waals surface area (Å²) < 4.78 is 61.9. The first kappa shape index (κ1) is 15.6. The molecule has 0 radical (unpaired) electrons. The van der Waals surface area contributed by atoms with E-state index in [4.69, 9.17) is 11.6 Å². The summed E-state index contributed by atoms with van der Waals surface area (Å²) in [7, 11) is 0. The second-order valence-corrected chi connectivity index (χ2v) is 4.69. The first-order valence-corrected chi connectivity index (χ1v) is 6.20. The smallest absolute Gasteiger partial charge is 0.448 e. The Morgan fingerprint density at radius 1 is 1.43 bits per heavy atom. The lowest BCUT2D eigenvalue weighted by atomic mass is 10.0. The zero-order valence-corrected chi connectivity index (χ0v) is 11.4. The van der Waals surface area contributed by atoms with E-state index in [0.717, 1.165) is 18.2 Å². The predicted octanol–water partition coefficient (Wildman–Crippen LogP) is 3.66. The average molecular weight is 325 g/mol. The highest BCUT2D eigenvalue weighted by Gasteiger charge is 2.62. The fourth-order valence-electron chi connectivity index (χ4n) is 1.78. The zero-order chi connectivity index (χ0) is 15.8. The molecule has 1 aromatic rings. The number of benzene rings is 1. The molecule has 0 N–H and O–H groups in total. The average Bonchev–Trinajstić information content (AvgIpc) is 2.36. The van der Waals surface area contributed by atoms with Gasteiger partial charge in [0.1, 0.15) is 17.1 Å². The predicted molar refractivity (Wildman–Crippen MR) is 66.3 cm³/mol. The van der Waals surface area contributed by atoms with E-state index < -0.39 is 34.3 Å². The molecule has 3 nitrogen and oxygen atoms in total. The molecule has 0 amide bonds. The molecule has 1 atom stereocenters. The second kappa shape index (κ2) is 5.22. The number of ether oxygens (including phenoxy) is 2. The van der Waals surface area contributed by atoms with Gasteiger partial charge in [0.05, 0.1) is 6.61 Å². The monoisotopic (exact) mass is 324 g/mol. The molecule has 1 aliphatic heterocycles. The molecule has 0 spiro atoms. The number of halogens is 5. The van der Waals surface area contributed by atoms with Crippen LogP contribution >= 0.6 is 11.6 Å². The van der Waals surface area contributed by atoms with Gasteiger partial charge in [-0.05, 0) is 25.1 Å². The second-order valence-electron chi connectivity index (χ2n) is 4.16. The van der Waals surface area contributed by atoms with Crippen molar-refractivity contribution in [3.05, 3.63) is 35.2 Å². The van der Waals surface area contributed by atoms with E-state index >= 15 is 0 Å². The quantitative estimate of drug-likeness (QED) is 0.473. The van der Waals surface area contributed by atoms with E-state index in [1.54, 1.807) is 0 Å². The van der Waals surface area contributed by atoms with Gasteiger partial charge in [0.25, 0.3) is 0 Å². The maximum atomic E-state index is 13.2. The summed E-state index contributed by atoms with van der Waals surface area (Å²) in [6, 6.07) is 2.96. The maximum absolute atomic E-state index is 13.2. The van der Waals surface area contributed by atoms with Crippen molar-refractivity contribution < 1.29 is 31.8 Å². The molecule has 1 heterocycles. The Kier molecular flexibility index (Phi) is 3.88. The molecular formula is C13H9ClF4O3. The SMILES string of the molecule is CCOC(=O)C1=Cc2ccc(F)cc2OC1(Cl)C(F)(F)F. The van der Waals surface area contributed by atoms with Gasteiger partial charge < -0.3 is 9.47 Å². The van der Waals surface area contributed by atoms with Crippen LogP contribution in [-0.2, 0) is 9.53 Å². The van der Waals surface area contributed by atoms with E-state index in [0.29, 0.717) is 0 Å². The number of carbonyl (C=O) groups excluding carboxylic acids is 1. The third kappa shape index (κ3) is 2.70. The number of hydrogen-bond donors (Lipinski definition) is 0. The first-order valence-electron chi connectivity index (χ1n) is 5.82. The summed E-state index contributed by atoms with van der Waals surface area (Å²) in [5.74, 6) is -2.45. The van der Waals surface area contributed by atoms with Gasteiger partial charge >= 0.3 is 17.2 Å². The van der Waals surface area contributed by atoms with Crippen LogP contribution in [0.1, 0.15) is 12.5 Å². The van der Waals surface area contributed by atoms with Crippen molar-refractivity contribution in [3.63, 3.8) is 0 Å². The van der Waals surface area contributed by atoms with Crippen molar-refractivity contribution in [2.75, 3.05) is 6.61 Å². The van der Waals surface area contributed by atoms with Gasteiger partial charge in [0.15, 0.2) is 0 Å². The normalized spacial score (nSPS) is 21.1. The molecule has 0 fully saturated rings. The molecule has 0 saturated carbocycles. The topological polar surface area (TPSA) is 35.5 Å². The molecule has 2 rings (SSSR count). The Balaban J connectivity index is 2.59. The Bertz CT molecular complexity index is 612. The summed E-state index contributed by atoms with van der Waals surface area (Å²) in [5, 5.41) is -3.42. The Morgan fingerprint density at radius 3 is 2.67 bits per heavy atom. The van der Waals surface area contributed by atoms with E-state index in [9.17, 15) is 22.4 Å². The van der Waals surface area contributed by atoms with E-state index in [1.165, 1.54) is 13.0 Å². The van der Waals surface area contributed by atoms with Crippen LogP contribution < -0.4 is 4.74 Å². The summed E-state index contributed by atoms with van der Waals surface area (Å²) >= 11 is 5.49. The van der Waals surface area contributed by atoms with Crippen LogP contribution in [0.3, 0.4) is 0 Å². The maximum Gasteiger partial charge on any atom is 0.448 e. The number of alkyl halides is 4. The minimum atomic E-state index is -5.10. The lowest BCUT2D eigenvalue weighted by Crippen LogP contribution is -2.50. The van der Waals surface area contributed by atoms with Crippen molar-refractivity contribution in [3.8, 4) is 5.75 Å². The van der Waals surface area contributed by atoms with E-state index in [1.807, 2.05) is 0 Å². The molecule has 114 valence electrons. The number of carbonyl (C=O) groups is 1. The van der Waals surface area contributed by atoms with Crippen molar-refractivity contribution in [1.82, 2.24) is 0 Å². The summed E-state index contributed by atoms with van der Waals surface area (Å²) in [6.07, 6.45) is -4.21. The van der Waals surface area contributed by atoms with Crippen LogP contribution in [0.2, 0.25) is 0 Å². The van der Waals surface area contributed by atoms with Crippen LogP contribution in [0.25, 0.3) is 6.08 Å².